The molecule has 2 aromatic rings. The predicted molar refractivity (Wildman–Crippen MR) is 147 cm³/mol. The molecule has 9 nitrogen and oxygen atoms in total. The lowest BCUT2D eigenvalue weighted by Gasteiger charge is -2.44. The third-order valence-electron chi connectivity index (χ3n) is 7.94. The molecule has 3 aliphatic rings. The summed E-state index contributed by atoms with van der Waals surface area (Å²) in [6, 6.07) is 13.2. The van der Waals surface area contributed by atoms with Gasteiger partial charge in [0.15, 0.2) is 18.3 Å². The SMILES string of the molecule is CC(=O)O[C@@H]1[C@@H](OC(C)=O)[C@H](c2ccc(Cl)c(Cc3ccc(OC4CC5C[C@H]5C4)cc3)c2)O[C@H](CO)[C@H]1OC(C)=O. The number of halogens is 1. The van der Waals surface area contributed by atoms with E-state index in [9.17, 15) is 19.5 Å². The summed E-state index contributed by atoms with van der Waals surface area (Å²) in [6.07, 6.45) is -1.10. The van der Waals surface area contributed by atoms with Crippen LogP contribution in [0.2, 0.25) is 5.02 Å². The molecule has 1 heterocycles. The van der Waals surface area contributed by atoms with Gasteiger partial charge in [0.05, 0.1) is 12.7 Å². The van der Waals surface area contributed by atoms with Crippen molar-refractivity contribution in [2.45, 2.75) is 83.1 Å². The summed E-state index contributed by atoms with van der Waals surface area (Å²) in [5, 5.41) is 10.6. The minimum Gasteiger partial charge on any atom is -0.490 e. The van der Waals surface area contributed by atoms with E-state index in [0.717, 1.165) is 41.6 Å². The van der Waals surface area contributed by atoms with E-state index in [-0.39, 0.29) is 0 Å². The highest BCUT2D eigenvalue weighted by molar-refractivity contribution is 6.31. The molecule has 0 amide bonds. The second-order valence-electron chi connectivity index (χ2n) is 11.1. The third-order valence-corrected chi connectivity index (χ3v) is 8.31. The summed E-state index contributed by atoms with van der Waals surface area (Å²) in [7, 11) is 0. The van der Waals surface area contributed by atoms with Crippen LogP contribution in [0.1, 0.15) is 62.8 Å². The van der Waals surface area contributed by atoms with Crippen molar-refractivity contribution in [3.63, 3.8) is 0 Å². The smallest absolute Gasteiger partial charge is 0.303 e. The third kappa shape index (κ3) is 7.02. The first-order valence-electron chi connectivity index (χ1n) is 13.9. The van der Waals surface area contributed by atoms with Gasteiger partial charge in [0.25, 0.3) is 0 Å². The van der Waals surface area contributed by atoms with Crippen molar-refractivity contribution in [3.8, 4) is 5.75 Å². The molecule has 1 saturated heterocycles. The van der Waals surface area contributed by atoms with E-state index < -0.39 is 55.0 Å². The largest absolute Gasteiger partial charge is 0.490 e. The zero-order chi connectivity index (χ0) is 29.3. The van der Waals surface area contributed by atoms with Gasteiger partial charge in [-0.05, 0) is 72.4 Å². The van der Waals surface area contributed by atoms with Crippen LogP contribution in [0, 0.1) is 11.8 Å². The molecule has 5 rings (SSSR count). The molecule has 2 saturated carbocycles. The fourth-order valence-electron chi connectivity index (χ4n) is 6.07. The fourth-order valence-corrected chi connectivity index (χ4v) is 6.26. The van der Waals surface area contributed by atoms with Crippen molar-refractivity contribution >= 4 is 29.5 Å². The standard InChI is InChI=1S/C31H35ClO9/c1-16(34)37-29-27(15-33)41-28(30(38-17(2)35)31(29)39-18(3)36)20-6-9-26(32)23(11-20)10-19-4-7-24(8-5-19)40-25-13-21-12-22(21)14-25/h4-9,11,21-22,25,27-31,33H,10,12-15H2,1-3H3/t21-,22?,25?,27+,28-,29+,30-,31-/m0/s1. The molecule has 0 radical (unpaired) electrons. The summed E-state index contributed by atoms with van der Waals surface area (Å²) in [6.45, 7) is 3.07. The van der Waals surface area contributed by atoms with E-state index in [4.69, 9.17) is 35.3 Å². The highest BCUT2D eigenvalue weighted by atomic mass is 35.5. The Kier molecular flexibility index (Phi) is 8.87. The van der Waals surface area contributed by atoms with Crippen LogP contribution in [0.4, 0.5) is 0 Å². The maximum Gasteiger partial charge on any atom is 0.303 e. The Balaban J connectivity index is 1.38. The van der Waals surface area contributed by atoms with Crippen molar-refractivity contribution in [1.29, 1.82) is 0 Å². The second kappa shape index (κ2) is 12.4. The van der Waals surface area contributed by atoms with Crippen LogP contribution in [-0.2, 0) is 39.8 Å². The number of aliphatic hydroxyl groups excluding tert-OH is 1. The highest BCUT2D eigenvalue weighted by Crippen LogP contribution is 2.52. The topological polar surface area (TPSA) is 118 Å². The van der Waals surface area contributed by atoms with Crippen LogP contribution in [0.5, 0.6) is 5.75 Å². The average Bonchev–Trinajstić information content (AvgIpc) is 3.53. The average molecular weight is 587 g/mol. The quantitative estimate of drug-likeness (QED) is 0.338. The zero-order valence-electron chi connectivity index (χ0n) is 23.3. The number of benzene rings is 2. The maximum atomic E-state index is 12.1. The van der Waals surface area contributed by atoms with E-state index in [0.29, 0.717) is 23.1 Å². The number of fused-ring (bicyclic) bond motifs is 1. The molecule has 0 spiro atoms. The Labute approximate surface area is 244 Å². The molecule has 41 heavy (non-hydrogen) atoms. The molecule has 1 aliphatic heterocycles. The summed E-state index contributed by atoms with van der Waals surface area (Å²) < 4.78 is 28.7. The van der Waals surface area contributed by atoms with Crippen LogP contribution in [0.15, 0.2) is 42.5 Å². The Bertz CT molecular complexity index is 1270. The van der Waals surface area contributed by atoms with Gasteiger partial charge in [-0.25, -0.2) is 0 Å². The summed E-state index contributed by atoms with van der Waals surface area (Å²) >= 11 is 6.58. The van der Waals surface area contributed by atoms with Gasteiger partial charge in [-0.1, -0.05) is 35.9 Å². The van der Waals surface area contributed by atoms with Crippen molar-refractivity contribution < 1.29 is 43.2 Å². The normalized spacial score (nSPS) is 30.2. The van der Waals surface area contributed by atoms with E-state index in [1.165, 1.54) is 27.2 Å². The molecule has 2 unspecified atom stereocenters. The zero-order valence-corrected chi connectivity index (χ0v) is 24.0. The molecular weight excluding hydrogens is 552 g/mol. The second-order valence-corrected chi connectivity index (χ2v) is 11.5. The van der Waals surface area contributed by atoms with Crippen molar-refractivity contribution in [3.05, 3.63) is 64.2 Å². The van der Waals surface area contributed by atoms with Gasteiger partial charge in [-0.15, -0.1) is 0 Å². The summed E-state index contributed by atoms with van der Waals surface area (Å²) in [5.41, 5.74) is 2.41. The minimum absolute atomic E-state index is 0.301. The summed E-state index contributed by atoms with van der Waals surface area (Å²) in [5.74, 6) is 0.581. The van der Waals surface area contributed by atoms with Crippen LogP contribution < -0.4 is 4.74 Å². The number of esters is 3. The highest BCUT2D eigenvalue weighted by Gasteiger charge is 2.52. The molecule has 2 aliphatic carbocycles. The van der Waals surface area contributed by atoms with Gasteiger partial charge in [-0.3, -0.25) is 14.4 Å². The first-order chi connectivity index (χ1) is 19.6. The monoisotopic (exact) mass is 586 g/mol. The van der Waals surface area contributed by atoms with E-state index >= 15 is 0 Å². The number of hydrogen-bond acceptors (Lipinski definition) is 9. The van der Waals surface area contributed by atoms with Gasteiger partial charge >= 0.3 is 17.9 Å². The number of carbonyl (C=O) groups is 3. The lowest BCUT2D eigenvalue weighted by atomic mass is 9.89. The number of carbonyl (C=O) groups excluding carboxylic acids is 3. The van der Waals surface area contributed by atoms with Gasteiger partial charge < -0.3 is 28.8 Å². The molecule has 8 atom stereocenters. The van der Waals surface area contributed by atoms with Gasteiger partial charge in [0.1, 0.15) is 18.0 Å². The Morgan fingerprint density at radius 3 is 2.07 bits per heavy atom. The minimum atomic E-state index is -1.21. The molecule has 3 fully saturated rings. The fraction of sp³-hybridized carbons (Fsp3) is 0.516. The maximum absolute atomic E-state index is 12.1. The molecule has 10 heteroatoms. The molecule has 0 aromatic heterocycles. The first-order valence-corrected chi connectivity index (χ1v) is 14.3. The van der Waals surface area contributed by atoms with Crippen LogP contribution in [0.3, 0.4) is 0 Å². The molecule has 220 valence electrons. The van der Waals surface area contributed by atoms with Gasteiger partial charge in [-0.2, -0.15) is 0 Å². The van der Waals surface area contributed by atoms with E-state index in [2.05, 4.69) is 0 Å². The van der Waals surface area contributed by atoms with E-state index in [1.54, 1.807) is 12.1 Å². The molecule has 2 aromatic carbocycles. The first kappa shape index (κ1) is 29.4. The molecular formula is C31H35ClO9. The Morgan fingerprint density at radius 1 is 0.854 bits per heavy atom. The van der Waals surface area contributed by atoms with Crippen molar-refractivity contribution in [1.82, 2.24) is 0 Å². The van der Waals surface area contributed by atoms with Crippen LogP contribution in [0.25, 0.3) is 0 Å². The Morgan fingerprint density at radius 2 is 1.46 bits per heavy atom. The van der Waals surface area contributed by atoms with Crippen LogP contribution in [-0.4, -0.2) is 60.1 Å². The summed E-state index contributed by atoms with van der Waals surface area (Å²) in [4.78, 5) is 36.0. The van der Waals surface area contributed by atoms with Crippen LogP contribution >= 0.6 is 11.6 Å². The number of ether oxygens (including phenoxy) is 5. The van der Waals surface area contributed by atoms with Gasteiger partial charge in [0, 0.05) is 25.8 Å². The number of hydrogen-bond donors (Lipinski definition) is 1. The van der Waals surface area contributed by atoms with Crippen molar-refractivity contribution in [2.24, 2.45) is 11.8 Å². The number of rotatable bonds is 9. The van der Waals surface area contributed by atoms with Gasteiger partial charge in [0.2, 0.25) is 0 Å². The number of aliphatic hydroxyl groups is 1. The van der Waals surface area contributed by atoms with Crippen molar-refractivity contribution in [2.75, 3.05) is 6.61 Å². The molecule has 0 bridgehead atoms. The van der Waals surface area contributed by atoms with E-state index in [1.807, 2.05) is 30.3 Å². The lowest BCUT2D eigenvalue weighted by Crippen LogP contribution is -2.59. The predicted octanol–water partition coefficient (Wildman–Crippen LogP) is 4.34. The lowest BCUT2D eigenvalue weighted by molar-refractivity contribution is -0.253. The Hall–Kier alpha value is -3.14. The molecule has 1 N–H and O–H groups in total.